The summed E-state index contributed by atoms with van der Waals surface area (Å²) in [5, 5.41) is 0. The van der Waals surface area contributed by atoms with Crippen LogP contribution in [0.4, 0.5) is 4.39 Å². The number of benzene rings is 1. The van der Waals surface area contributed by atoms with Gasteiger partial charge in [0.2, 0.25) is 0 Å². The molecule has 0 aliphatic rings. The maximum atomic E-state index is 13.3. The molecule has 0 aliphatic carbocycles. The first-order chi connectivity index (χ1) is 7.42. The SMILES string of the molecule is COc1ccc(COCC(C)(C)N)cc1F. The van der Waals surface area contributed by atoms with Crippen LogP contribution in [0.5, 0.6) is 5.75 Å². The van der Waals surface area contributed by atoms with Gasteiger partial charge in [-0.05, 0) is 31.5 Å². The van der Waals surface area contributed by atoms with Crippen molar-refractivity contribution in [3.63, 3.8) is 0 Å². The molecule has 0 atom stereocenters. The molecule has 0 saturated carbocycles. The van der Waals surface area contributed by atoms with Gasteiger partial charge in [-0.2, -0.15) is 0 Å². The Labute approximate surface area is 95.4 Å². The molecule has 0 bridgehead atoms. The average Bonchev–Trinajstić information content (AvgIpc) is 2.16. The average molecular weight is 227 g/mol. The normalized spacial score (nSPS) is 11.6. The number of nitrogens with two attached hydrogens (primary N) is 1. The summed E-state index contributed by atoms with van der Waals surface area (Å²) in [7, 11) is 1.44. The van der Waals surface area contributed by atoms with Crippen molar-refractivity contribution in [2.45, 2.75) is 26.0 Å². The summed E-state index contributed by atoms with van der Waals surface area (Å²) in [5.74, 6) is -0.140. The third-order valence-corrected chi connectivity index (χ3v) is 1.96. The number of rotatable bonds is 5. The number of methoxy groups -OCH3 is 1. The molecule has 1 rings (SSSR count). The number of hydrogen-bond acceptors (Lipinski definition) is 3. The molecular weight excluding hydrogens is 209 g/mol. The van der Waals surface area contributed by atoms with Gasteiger partial charge in [-0.1, -0.05) is 6.07 Å². The molecule has 0 amide bonds. The lowest BCUT2D eigenvalue weighted by Gasteiger charge is -2.18. The minimum Gasteiger partial charge on any atom is -0.494 e. The highest BCUT2D eigenvalue weighted by Gasteiger charge is 2.10. The van der Waals surface area contributed by atoms with Gasteiger partial charge in [0.05, 0.1) is 20.3 Å². The van der Waals surface area contributed by atoms with Crippen LogP contribution < -0.4 is 10.5 Å². The van der Waals surface area contributed by atoms with Gasteiger partial charge in [-0.15, -0.1) is 0 Å². The Morgan fingerprint density at radius 2 is 2.06 bits per heavy atom. The molecule has 16 heavy (non-hydrogen) atoms. The maximum Gasteiger partial charge on any atom is 0.165 e. The Bertz CT molecular complexity index is 347. The summed E-state index contributed by atoms with van der Waals surface area (Å²) in [4.78, 5) is 0. The molecule has 0 radical (unpaired) electrons. The van der Waals surface area contributed by atoms with E-state index in [0.717, 1.165) is 5.56 Å². The van der Waals surface area contributed by atoms with Gasteiger partial charge in [0, 0.05) is 5.54 Å². The molecule has 0 spiro atoms. The third-order valence-electron chi connectivity index (χ3n) is 1.96. The standard InChI is InChI=1S/C12H18FNO2/c1-12(2,14)8-16-7-9-4-5-11(15-3)10(13)6-9/h4-6H,7-8,14H2,1-3H3. The van der Waals surface area contributed by atoms with Crippen molar-refractivity contribution < 1.29 is 13.9 Å². The van der Waals surface area contributed by atoms with E-state index >= 15 is 0 Å². The van der Waals surface area contributed by atoms with E-state index in [1.165, 1.54) is 13.2 Å². The maximum absolute atomic E-state index is 13.3. The molecule has 4 heteroatoms. The minimum atomic E-state index is -0.379. The van der Waals surface area contributed by atoms with Crippen LogP contribution in [0.25, 0.3) is 0 Å². The molecule has 90 valence electrons. The van der Waals surface area contributed by atoms with Gasteiger partial charge in [0.15, 0.2) is 11.6 Å². The zero-order chi connectivity index (χ0) is 12.2. The van der Waals surface area contributed by atoms with Gasteiger partial charge in [0.25, 0.3) is 0 Å². The summed E-state index contributed by atoms with van der Waals surface area (Å²) < 4.78 is 23.5. The van der Waals surface area contributed by atoms with Crippen LogP contribution in [-0.4, -0.2) is 19.3 Å². The molecule has 1 aromatic rings. The second kappa shape index (κ2) is 5.27. The topological polar surface area (TPSA) is 44.5 Å². The Morgan fingerprint density at radius 1 is 1.38 bits per heavy atom. The molecule has 3 nitrogen and oxygen atoms in total. The first-order valence-electron chi connectivity index (χ1n) is 5.11. The molecule has 0 aromatic heterocycles. The van der Waals surface area contributed by atoms with E-state index in [2.05, 4.69) is 0 Å². The van der Waals surface area contributed by atoms with Gasteiger partial charge < -0.3 is 15.2 Å². The fourth-order valence-corrected chi connectivity index (χ4v) is 1.23. The monoisotopic (exact) mass is 227 g/mol. The summed E-state index contributed by atoms with van der Waals surface area (Å²) in [6, 6.07) is 4.76. The predicted octanol–water partition coefficient (Wildman–Crippen LogP) is 2.09. The molecule has 0 aliphatic heterocycles. The Kier molecular flexibility index (Phi) is 4.26. The van der Waals surface area contributed by atoms with Crippen molar-refractivity contribution in [2.75, 3.05) is 13.7 Å². The molecule has 0 heterocycles. The largest absolute Gasteiger partial charge is 0.494 e. The van der Waals surface area contributed by atoms with Gasteiger partial charge in [-0.25, -0.2) is 4.39 Å². The summed E-state index contributed by atoms with van der Waals surface area (Å²) >= 11 is 0. The van der Waals surface area contributed by atoms with Crippen molar-refractivity contribution in [1.82, 2.24) is 0 Å². The van der Waals surface area contributed by atoms with E-state index in [0.29, 0.717) is 13.2 Å². The highest BCUT2D eigenvalue weighted by Crippen LogP contribution is 2.18. The lowest BCUT2D eigenvalue weighted by molar-refractivity contribution is 0.0849. The summed E-state index contributed by atoms with van der Waals surface area (Å²) in [5.41, 5.74) is 6.15. The third kappa shape index (κ3) is 4.16. The van der Waals surface area contributed by atoms with E-state index in [1.807, 2.05) is 13.8 Å². The van der Waals surface area contributed by atoms with E-state index < -0.39 is 0 Å². The molecule has 0 unspecified atom stereocenters. The van der Waals surface area contributed by atoms with E-state index in [9.17, 15) is 4.39 Å². The first-order valence-corrected chi connectivity index (χ1v) is 5.11. The van der Waals surface area contributed by atoms with Crippen molar-refractivity contribution >= 4 is 0 Å². The molecular formula is C12H18FNO2. The van der Waals surface area contributed by atoms with Crippen molar-refractivity contribution in [3.8, 4) is 5.75 Å². The fraction of sp³-hybridized carbons (Fsp3) is 0.500. The zero-order valence-electron chi connectivity index (χ0n) is 9.92. The first kappa shape index (κ1) is 12.9. The Balaban J connectivity index is 2.52. The molecule has 2 N–H and O–H groups in total. The number of halogens is 1. The van der Waals surface area contributed by atoms with Gasteiger partial charge >= 0.3 is 0 Å². The Hall–Kier alpha value is -1.13. The van der Waals surface area contributed by atoms with Crippen LogP contribution in [0.2, 0.25) is 0 Å². The predicted molar refractivity (Wildman–Crippen MR) is 60.9 cm³/mol. The van der Waals surface area contributed by atoms with Crippen LogP contribution in [0, 0.1) is 5.82 Å². The lowest BCUT2D eigenvalue weighted by atomic mass is 10.1. The van der Waals surface area contributed by atoms with E-state index in [-0.39, 0.29) is 17.1 Å². The number of ether oxygens (including phenoxy) is 2. The second-order valence-electron chi connectivity index (χ2n) is 4.45. The van der Waals surface area contributed by atoms with Crippen LogP contribution in [0.15, 0.2) is 18.2 Å². The molecule has 1 aromatic carbocycles. The quantitative estimate of drug-likeness (QED) is 0.837. The van der Waals surface area contributed by atoms with Crippen molar-refractivity contribution in [3.05, 3.63) is 29.6 Å². The van der Waals surface area contributed by atoms with Crippen molar-refractivity contribution in [2.24, 2.45) is 5.73 Å². The lowest BCUT2D eigenvalue weighted by Crippen LogP contribution is -2.37. The number of hydrogen-bond donors (Lipinski definition) is 1. The minimum absolute atomic E-state index is 0.239. The van der Waals surface area contributed by atoms with Crippen LogP contribution >= 0.6 is 0 Å². The molecule has 0 saturated heterocycles. The van der Waals surface area contributed by atoms with Crippen molar-refractivity contribution in [1.29, 1.82) is 0 Å². The summed E-state index contributed by atoms with van der Waals surface area (Å²) in [6.07, 6.45) is 0. The fourth-order valence-electron chi connectivity index (χ4n) is 1.23. The zero-order valence-corrected chi connectivity index (χ0v) is 9.92. The smallest absolute Gasteiger partial charge is 0.165 e. The van der Waals surface area contributed by atoms with E-state index in [1.54, 1.807) is 12.1 Å². The summed E-state index contributed by atoms with van der Waals surface area (Å²) in [6.45, 7) is 4.53. The van der Waals surface area contributed by atoms with Crippen LogP contribution in [-0.2, 0) is 11.3 Å². The highest BCUT2D eigenvalue weighted by atomic mass is 19.1. The Morgan fingerprint density at radius 3 is 2.56 bits per heavy atom. The van der Waals surface area contributed by atoms with Gasteiger partial charge in [0.1, 0.15) is 0 Å². The van der Waals surface area contributed by atoms with Gasteiger partial charge in [-0.3, -0.25) is 0 Å². The molecule has 0 fully saturated rings. The van der Waals surface area contributed by atoms with Crippen LogP contribution in [0.3, 0.4) is 0 Å². The second-order valence-corrected chi connectivity index (χ2v) is 4.45. The highest BCUT2D eigenvalue weighted by molar-refractivity contribution is 5.28. The van der Waals surface area contributed by atoms with Crippen LogP contribution in [0.1, 0.15) is 19.4 Å². The van der Waals surface area contributed by atoms with E-state index in [4.69, 9.17) is 15.2 Å².